The lowest BCUT2D eigenvalue weighted by molar-refractivity contribution is -0.138. The predicted octanol–water partition coefficient (Wildman–Crippen LogP) is 3.81. The first-order chi connectivity index (χ1) is 10.5. The Kier molecular flexibility index (Phi) is 5.15. The van der Waals surface area contributed by atoms with Gasteiger partial charge >= 0.3 is 5.97 Å². The molecule has 0 saturated heterocycles. The first-order valence-corrected chi connectivity index (χ1v) is 7.19. The number of benzene rings is 2. The van der Waals surface area contributed by atoms with E-state index in [-0.39, 0.29) is 12.2 Å². The molecular weight excluding hydrogens is 283 g/mol. The summed E-state index contributed by atoms with van der Waals surface area (Å²) in [6, 6.07) is 11.6. The molecule has 0 radical (unpaired) electrons. The molecule has 0 aliphatic carbocycles. The smallest absolute Gasteiger partial charge is 0.311 e. The molecule has 3 nitrogen and oxygen atoms in total. The number of hydrogen-bond acceptors (Lipinski definition) is 2. The Morgan fingerprint density at radius 1 is 1.23 bits per heavy atom. The van der Waals surface area contributed by atoms with Crippen molar-refractivity contribution < 1.29 is 19.0 Å². The zero-order chi connectivity index (χ0) is 16.1. The van der Waals surface area contributed by atoms with Gasteiger partial charge in [-0.25, -0.2) is 4.39 Å². The molecular formula is C18H19FO3. The number of ether oxygens (including phenoxy) is 1. The summed E-state index contributed by atoms with van der Waals surface area (Å²) in [6.07, 6.45) is 1.03. The molecule has 2 aromatic carbocycles. The van der Waals surface area contributed by atoms with Gasteiger partial charge < -0.3 is 9.84 Å². The SMILES string of the molecule is CCc1ccc(OC)c(C(Cc2cccc(F)c2)C(=O)O)c1. The van der Waals surface area contributed by atoms with Crippen LogP contribution in [0.2, 0.25) is 0 Å². The molecule has 1 unspecified atom stereocenters. The Bertz CT molecular complexity index is 667. The van der Waals surface area contributed by atoms with E-state index in [1.807, 2.05) is 19.1 Å². The number of halogens is 1. The first-order valence-electron chi connectivity index (χ1n) is 7.19. The lowest BCUT2D eigenvalue weighted by Crippen LogP contribution is -2.16. The molecule has 0 aliphatic rings. The number of aryl methyl sites for hydroxylation is 1. The summed E-state index contributed by atoms with van der Waals surface area (Å²) >= 11 is 0. The lowest BCUT2D eigenvalue weighted by atomic mass is 9.90. The Morgan fingerprint density at radius 2 is 2.00 bits per heavy atom. The zero-order valence-corrected chi connectivity index (χ0v) is 12.7. The second-order valence-corrected chi connectivity index (χ2v) is 5.15. The molecule has 2 rings (SSSR count). The van der Waals surface area contributed by atoms with Crippen LogP contribution in [-0.4, -0.2) is 18.2 Å². The van der Waals surface area contributed by atoms with Gasteiger partial charge in [-0.2, -0.15) is 0 Å². The van der Waals surface area contributed by atoms with Gasteiger partial charge in [0.15, 0.2) is 0 Å². The number of carboxylic acid groups (broad SMARTS) is 1. The van der Waals surface area contributed by atoms with Gasteiger partial charge in [0.05, 0.1) is 13.0 Å². The fourth-order valence-corrected chi connectivity index (χ4v) is 2.51. The van der Waals surface area contributed by atoms with Gasteiger partial charge in [-0.3, -0.25) is 4.79 Å². The van der Waals surface area contributed by atoms with Gasteiger partial charge in [-0.15, -0.1) is 0 Å². The van der Waals surface area contributed by atoms with Crippen molar-refractivity contribution in [1.29, 1.82) is 0 Å². The molecule has 0 fully saturated rings. The van der Waals surface area contributed by atoms with Crippen LogP contribution >= 0.6 is 0 Å². The maximum Gasteiger partial charge on any atom is 0.311 e. The molecule has 0 bridgehead atoms. The minimum absolute atomic E-state index is 0.219. The summed E-state index contributed by atoms with van der Waals surface area (Å²) in [4.78, 5) is 11.7. The van der Waals surface area contributed by atoms with Gasteiger partial charge in [0.1, 0.15) is 11.6 Å². The molecule has 1 N–H and O–H groups in total. The normalized spacial score (nSPS) is 12.0. The monoisotopic (exact) mass is 302 g/mol. The number of methoxy groups -OCH3 is 1. The van der Waals surface area contributed by atoms with Crippen LogP contribution in [-0.2, 0) is 17.6 Å². The van der Waals surface area contributed by atoms with E-state index in [0.29, 0.717) is 16.9 Å². The van der Waals surface area contributed by atoms with Crippen LogP contribution in [0.4, 0.5) is 4.39 Å². The number of carbonyl (C=O) groups is 1. The molecule has 0 amide bonds. The van der Waals surface area contributed by atoms with Crippen molar-refractivity contribution in [2.24, 2.45) is 0 Å². The van der Waals surface area contributed by atoms with Crippen molar-refractivity contribution in [1.82, 2.24) is 0 Å². The fraction of sp³-hybridized carbons (Fsp3) is 0.278. The van der Waals surface area contributed by atoms with Crippen LogP contribution in [0.15, 0.2) is 42.5 Å². The summed E-state index contributed by atoms with van der Waals surface area (Å²) in [5.74, 6) is -1.55. The number of hydrogen-bond donors (Lipinski definition) is 1. The van der Waals surface area contributed by atoms with Crippen LogP contribution in [0, 0.1) is 5.82 Å². The highest BCUT2D eigenvalue weighted by Crippen LogP contribution is 2.31. The van der Waals surface area contributed by atoms with Crippen LogP contribution < -0.4 is 4.74 Å². The first kappa shape index (κ1) is 16.0. The van der Waals surface area contributed by atoms with E-state index in [1.165, 1.54) is 19.2 Å². The molecule has 0 saturated carbocycles. The summed E-state index contributed by atoms with van der Waals surface area (Å²) in [7, 11) is 1.52. The van der Waals surface area contributed by atoms with E-state index in [1.54, 1.807) is 18.2 Å². The van der Waals surface area contributed by atoms with E-state index in [0.717, 1.165) is 12.0 Å². The van der Waals surface area contributed by atoms with Crippen molar-refractivity contribution in [3.8, 4) is 5.75 Å². The van der Waals surface area contributed by atoms with Crippen LogP contribution in [0.25, 0.3) is 0 Å². The van der Waals surface area contributed by atoms with Crippen molar-refractivity contribution in [3.05, 3.63) is 65.0 Å². The zero-order valence-electron chi connectivity index (χ0n) is 12.7. The standard InChI is InChI=1S/C18H19FO3/c1-3-12-7-8-17(22-2)15(10-12)16(18(20)21)11-13-5-4-6-14(19)9-13/h4-10,16H,3,11H2,1-2H3,(H,20,21). The Morgan fingerprint density at radius 3 is 2.59 bits per heavy atom. The van der Waals surface area contributed by atoms with E-state index >= 15 is 0 Å². The topological polar surface area (TPSA) is 46.5 Å². The van der Waals surface area contributed by atoms with Crippen molar-refractivity contribution in [2.45, 2.75) is 25.7 Å². The molecule has 0 aromatic heterocycles. The molecule has 0 heterocycles. The molecule has 1 atom stereocenters. The third-order valence-electron chi connectivity index (χ3n) is 3.70. The molecule has 2 aromatic rings. The van der Waals surface area contributed by atoms with Gasteiger partial charge in [0, 0.05) is 5.56 Å². The second-order valence-electron chi connectivity index (χ2n) is 5.15. The van der Waals surface area contributed by atoms with Gasteiger partial charge in [-0.1, -0.05) is 31.2 Å². The summed E-state index contributed by atoms with van der Waals surface area (Å²) in [6.45, 7) is 2.01. The Labute approximate surface area is 129 Å². The fourth-order valence-electron chi connectivity index (χ4n) is 2.51. The molecule has 116 valence electrons. The average Bonchev–Trinajstić information content (AvgIpc) is 2.51. The summed E-state index contributed by atoms with van der Waals surface area (Å²) in [5, 5.41) is 9.59. The van der Waals surface area contributed by atoms with Crippen LogP contribution in [0.3, 0.4) is 0 Å². The highest BCUT2D eigenvalue weighted by atomic mass is 19.1. The number of rotatable bonds is 6. The number of carboxylic acids is 1. The maximum absolute atomic E-state index is 13.3. The highest BCUT2D eigenvalue weighted by Gasteiger charge is 2.24. The largest absolute Gasteiger partial charge is 0.496 e. The lowest BCUT2D eigenvalue weighted by Gasteiger charge is -2.17. The van der Waals surface area contributed by atoms with Crippen molar-refractivity contribution in [2.75, 3.05) is 7.11 Å². The van der Waals surface area contributed by atoms with Gasteiger partial charge in [-0.05, 0) is 42.2 Å². The third kappa shape index (κ3) is 3.64. The summed E-state index contributed by atoms with van der Waals surface area (Å²) in [5.41, 5.74) is 2.32. The van der Waals surface area contributed by atoms with Crippen molar-refractivity contribution >= 4 is 5.97 Å². The average molecular weight is 302 g/mol. The Hall–Kier alpha value is -2.36. The molecule has 0 aliphatic heterocycles. The minimum atomic E-state index is -0.948. The van der Waals surface area contributed by atoms with E-state index in [4.69, 9.17) is 4.74 Å². The van der Waals surface area contributed by atoms with Crippen molar-refractivity contribution in [3.63, 3.8) is 0 Å². The van der Waals surface area contributed by atoms with Gasteiger partial charge in [0.25, 0.3) is 0 Å². The third-order valence-corrected chi connectivity index (χ3v) is 3.70. The molecule has 22 heavy (non-hydrogen) atoms. The maximum atomic E-state index is 13.3. The predicted molar refractivity (Wildman–Crippen MR) is 82.9 cm³/mol. The van der Waals surface area contributed by atoms with E-state index in [2.05, 4.69) is 0 Å². The number of aliphatic carboxylic acids is 1. The quantitative estimate of drug-likeness (QED) is 0.882. The van der Waals surface area contributed by atoms with E-state index in [9.17, 15) is 14.3 Å². The summed E-state index contributed by atoms with van der Waals surface area (Å²) < 4.78 is 18.6. The molecule has 4 heteroatoms. The highest BCUT2D eigenvalue weighted by molar-refractivity contribution is 5.78. The minimum Gasteiger partial charge on any atom is -0.496 e. The van der Waals surface area contributed by atoms with Crippen LogP contribution in [0.5, 0.6) is 5.75 Å². The second kappa shape index (κ2) is 7.07. The van der Waals surface area contributed by atoms with E-state index < -0.39 is 11.9 Å². The Balaban J connectivity index is 2.41. The van der Waals surface area contributed by atoms with Crippen LogP contribution in [0.1, 0.15) is 29.5 Å². The molecule has 0 spiro atoms. The van der Waals surface area contributed by atoms with Gasteiger partial charge in [0.2, 0.25) is 0 Å².